The fourth-order valence-electron chi connectivity index (χ4n) is 4.70. The minimum Gasteiger partial charge on any atom is -0.495 e. The third-order valence-electron chi connectivity index (χ3n) is 7.01. The molecule has 0 atom stereocenters. The lowest BCUT2D eigenvalue weighted by Crippen LogP contribution is -2.35. The number of piperidine rings is 1. The molecule has 4 aromatic rings. The van der Waals surface area contributed by atoms with Crippen LogP contribution in [0.3, 0.4) is 0 Å². The predicted molar refractivity (Wildman–Crippen MR) is 143 cm³/mol. The number of hydrogen-bond donors (Lipinski definition) is 1. The molecule has 194 valence electrons. The Labute approximate surface area is 224 Å². The van der Waals surface area contributed by atoms with Gasteiger partial charge in [0.15, 0.2) is 5.16 Å². The second-order valence-corrected chi connectivity index (χ2v) is 11.1. The Balaban J connectivity index is 1.41. The van der Waals surface area contributed by atoms with E-state index in [1.807, 2.05) is 24.4 Å². The highest BCUT2D eigenvalue weighted by Crippen LogP contribution is 2.39. The maximum Gasteiger partial charge on any atom is 0.265 e. The molecule has 1 aliphatic heterocycles. The van der Waals surface area contributed by atoms with Gasteiger partial charge in [-0.05, 0) is 65.9 Å². The first-order chi connectivity index (χ1) is 17.9. The van der Waals surface area contributed by atoms with Crippen LogP contribution in [0.15, 0.2) is 53.8 Å². The number of nitrogens with one attached hydrogen (secondary N) is 1. The van der Waals surface area contributed by atoms with Crippen LogP contribution >= 0.6 is 23.4 Å². The molecule has 1 aliphatic rings. The average Bonchev–Trinajstić information content (AvgIpc) is 3.59. The number of nitrogens with zero attached hydrogens (tertiary/aromatic N) is 6. The van der Waals surface area contributed by atoms with Gasteiger partial charge in [0.1, 0.15) is 11.6 Å². The van der Waals surface area contributed by atoms with E-state index in [9.17, 15) is 4.39 Å². The van der Waals surface area contributed by atoms with Crippen LogP contribution in [-0.4, -0.2) is 56.1 Å². The number of rotatable bonds is 8. The Morgan fingerprint density at radius 3 is 2.59 bits per heavy atom. The molecule has 0 bridgehead atoms. The van der Waals surface area contributed by atoms with Crippen LogP contribution in [0.1, 0.15) is 37.9 Å². The molecular weight excluding hydrogens is 513 g/mol. The number of tetrazole rings is 1. The van der Waals surface area contributed by atoms with Gasteiger partial charge in [0.25, 0.3) is 5.95 Å². The number of imidazole rings is 1. The Morgan fingerprint density at radius 1 is 1.16 bits per heavy atom. The van der Waals surface area contributed by atoms with Gasteiger partial charge in [-0.25, -0.2) is 9.37 Å². The number of benzene rings is 2. The Kier molecular flexibility index (Phi) is 7.39. The van der Waals surface area contributed by atoms with Gasteiger partial charge in [0, 0.05) is 29.9 Å². The largest absolute Gasteiger partial charge is 0.495 e. The summed E-state index contributed by atoms with van der Waals surface area (Å²) in [6, 6.07) is 12.4. The van der Waals surface area contributed by atoms with E-state index in [1.165, 1.54) is 12.1 Å². The van der Waals surface area contributed by atoms with Crippen molar-refractivity contribution in [3.8, 4) is 11.4 Å². The van der Waals surface area contributed by atoms with Crippen LogP contribution in [0.2, 0.25) is 5.02 Å². The number of aromatic nitrogens is 6. The van der Waals surface area contributed by atoms with E-state index >= 15 is 0 Å². The first-order valence-corrected chi connectivity index (χ1v) is 13.5. The summed E-state index contributed by atoms with van der Waals surface area (Å²) in [5.74, 6) is 2.50. The molecule has 37 heavy (non-hydrogen) atoms. The van der Waals surface area contributed by atoms with Crippen molar-refractivity contribution in [3.05, 3.63) is 70.8 Å². The molecule has 1 saturated heterocycles. The SMILES string of the molecule is COc1cc(C(C)(C)c2cnc(SCC3CCN(c4nn[nH]n4)CC3)n2-c2ccc(F)cc2)ccc1Cl. The summed E-state index contributed by atoms with van der Waals surface area (Å²) >= 11 is 8.03. The molecule has 1 fully saturated rings. The normalized spacial score (nSPS) is 14.8. The van der Waals surface area contributed by atoms with Gasteiger partial charge >= 0.3 is 0 Å². The average molecular weight is 542 g/mol. The molecule has 0 aliphatic carbocycles. The minimum atomic E-state index is -0.423. The standard InChI is InChI=1S/C26H29ClFN7OS/c1-26(2,18-4-9-21(27)22(14-18)36-3)23-15-29-25(35(23)20-7-5-19(28)6-8-20)37-16-17-10-12-34(13-11-17)24-30-32-33-31-24/h4-9,14-15,17H,10-13,16H2,1-3H3,(H,30,31,32,33). The topological polar surface area (TPSA) is 84.8 Å². The summed E-state index contributed by atoms with van der Waals surface area (Å²) in [5, 5.41) is 15.8. The van der Waals surface area contributed by atoms with Crippen molar-refractivity contribution in [1.29, 1.82) is 0 Å². The van der Waals surface area contributed by atoms with Gasteiger partial charge in [-0.3, -0.25) is 4.57 Å². The van der Waals surface area contributed by atoms with Crippen LogP contribution < -0.4 is 9.64 Å². The number of methoxy groups -OCH3 is 1. The summed E-state index contributed by atoms with van der Waals surface area (Å²) in [6.45, 7) is 6.09. The molecule has 2 aromatic heterocycles. The Bertz CT molecular complexity index is 1340. The van der Waals surface area contributed by atoms with Gasteiger partial charge in [-0.2, -0.15) is 5.21 Å². The second kappa shape index (κ2) is 10.7. The number of hydrogen-bond acceptors (Lipinski definition) is 7. The summed E-state index contributed by atoms with van der Waals surface area (Å²) in [5.41, 5.74) is 2.49. The van der Waals surface area contributed by atoms with E-state index in [0.29, 0.717) is 22.6 Å². The van der Waals surface area contributed by atoms with E-state index in [2.05, 4.69) is 43.9 Å². The third kappa shape index (κ3) is 5.31. The molecule has 0 saturated carbocycles. The molecule has 8 nitrogen and oxygen atoms in total. The summed E-state index contributed by atoms with van der Waals surface area (Å²) in [4.78, 5) is 7.00. The van der Waals surface area contributed by atoms with Crippen molar-refractivity contribution < 1.29 is 9.13 Å². The zero-order valence-electron chi connectivity index (χ0n) is 21.0. The zero-order chi connectivity index (χ0) is 26.0. The van der Waals surface area contributed by atoms with Gasteiger partial charge < -0.3 is 9.64 Å². The first kappa shape index (κ1) is 25.5. The minimum absolute atomic E-state index is 0.269. The molecule has 3 heterocycles. The quantitative estimate of drug-likeness (QED) is 0.294. The van der Waals surface area contributed by atoms with Crippen molar-refractivity contribution in [2.24, 2.45) is 5.92 Å². The molecular formula is C26H29ClFN7OS. The molecule has 0 amide bonds. The fourth-order valence-corrected chi connectivity index (χ4v) is 6.07. The van der Waals surface area contributed by atoms with Gasteiger partial charge in [0.05, 0.1) is 24.0 Å². The molecule has 11 heteroatoms. The predicted octanol–water partition coefficient (Wildman–Crippen LogP) is 5.52. The number of anilines is 1. The monoisotopic (exact) mass is 541 g/mol. The van der Waals surface area contributed by atoms with Gasteiger partial charge in [0.2, 0.25) is 0 Å². The van der Waals surface area contributed by atoms with Crippen molar-refractivity contribution in [2.75, 3.05) is 30.9 Å². The van der Waals surface area contributed by atoms with Crippen molar-refractivity contribution in [2.45, 2.75) is 37.3 Å². The van der Waals surface area contributed by atoms with Crippen LogP contribution in [0.5, 0.6) is 5.75 Å². The maximum atomic E-state index is 13.8. The first-order valence-electron chi connectivity index (χ1n) is 12.2. The van der Waals surface area contributed by atoms with Crippen LogP contribution in [-0.2, 0) is 5.41 Å². The van der Waals surface area contributed by atoms with Crippen LogP contribution in [0.4, 0.5) is 10.3 Å². The molecule has 0 unspecified atom stereocenters. The fraction of sp³-hybridized carbons (Fsp3) is 0.385. The third-order valence-corrected chi connectivity index (χ3v) is 8.50. The van der Waals surface area contributed by atoms with Gasteiger partial charge in [-0.1, -0.05) is 48.4 Å². The lowest BCUT2D eigenvalue weighted by atomic mass is 9.81. The number of halogens is 2. The summed E-state index contributed by atoms with van der Waals surface area (Å²) in [6.07, 6.45) is 4.01. The smallest absolute Gasteiger partial charge is 0.265 e. The van der Waals surface area contributed by atoms with Crippen LogP contribution in [0, 0.1) is 11.7 Å². The Hall–Kier alpha value is -3.11. The molecule has 0 spiro atoms. The molecule has 5 rings (SSSR count). The van der Waals surface area contributed by atoms with E-state index in [0.717, 1.165) is 53.8 Å². The van der Waals surface area contributed by atoms with E-state index in [4.69, 9.17) is 21.3 Å². The lowest BCUT2D eigenvalue weighted by Gasteiger charge is -2.31. The number of H-pyrrole nitrogens is 1. The molecule has 0 radical (unpaired) electrons. The molecule has 1 N–H and O–H groups in total. The highest BCUT2D eigenvalue weighted by atomic mass is 35.5. The summed E-state index contributed by atoms with van der Waals surface area (Å²) < 4.78 is 21.4. The number of ether oxygens (including phenoxy) is 1. The zero-order valence-corrected chi connectivity index (χ0v) is 22.6. The van der Waals surface area contributed by atoms with Gasteiger partial charge in [-0.15, -0.1) is 5.10 Å². The second-order valence-electron chi connectivity index (χ2n) is 9.67. The van der Waals surface area contributed by atoms with E-state index in [1.54, 1.807) is 31.0 Å². The maximum absolute atomic E-state index is 13.8. The number of aromatic amines is 1. The highest BCUT2D eigenvalue weighted by Gasteiger charge is 2.31. The number of thioether (sulfide) groups is 1. The van der Waals surface area contributed by atoms with Crippen molar-refractivity contribution in [1.82, 2.24) is 30.2 Å². The molecule has 2 aromatic carbocycles. The Morgan fingerprint density at radius 2 is 1.92 bits per heavy atom. The summed E-state index contributed by atoms with van der Waals surface area (Å²) in [7, 11) is 1.61. The van der Waals surface area contributed by atoms with E-state index in [-0.39, 0.29) is 5.82 Å². The highest BCUT2D eigenvalue weighted by molar-refractivity contribution is 7.99. The van der Waals surface area contributed by atoms with Crippen LogP contribution in [0.25, 0.3) is 5.69 Å². The van der Waals surface area contributed by atoms with E-state index < -0.39 is 5.41 Å². The van der Waals surface area contributed by atoms with Crippen molar-refractivity contribution >= 4 is 29.3 Å². The van der Waals surface area contributed by atoms with Crippen molar-refractivity contribution in [3.63, 3.8) is 0 Å². The lowest BCUT2D eigenvalue weighted by molar-refractivity contribution is 0.413.